The fourth-order valence-electron chi connectivity index (χ4n) is 6.47. The van der Waals surface area contributed by atoms with Crippen molar-refractivity contribution in [3.8, 4) is 0 Å². The fourth-order valence-corrected chi connectivity index (χ4v) is 8.54. The van der Waals surface area contributed by atoms with Gasteiger partial charge in [-0.25, -0.2) is 13.2 Å². The normalized spacial score (nSPS) is 16.8. The molecule has 272 valence electrons. The number of ether oxygens (including phenoxy) is 2. The number of amides is 1. The number of hydrogen-bond acceptors (Lipinski definition) is 8. The lowest BCUT2D eigenvalue weighted by atomic mass is 9.85. The van der Waals surface area contributed by atoms with Crippen molar-refractivity contribution in [2.24, 2.45) is 0 Å². The Kier molecular flexibility index (Phi) is 12.5. The Balaban J connectivity index is 1.44. The van der Waals surface area contributed by atoms with Crippen LogP contribution in [-0.4, -0.2) is 68.6 Å². The van der Waals surface area contributed by atoms with E-state index in [0.717, 1.165) is 35.4 Å². The molecule has 2 aliphatic heterocycles. The number of aliphatic hydroxyl groups is 1. The molecular formula is C36H42F3IN2O7S. The lowest BCUT2D eigenvalue weighted by Gasteiger charge is -2.50. The van der Waals surface area contributed by atoms with Crippen LogP contribution in [0, 0.1) is 21.0 Å². The Morgan fingerprint density at radius 2 is 1.60 bits per heavy atom. The summed E-state index contributed by atoms with van der Waals surface area (Å²) in [5.74, 6) is -4.17. The zero-order valence-corrected chi connectivity index (χ0v) is 31.2. The largest absolute Gasteiger partial charge is 0.383 e. The number of rotatable bonds is 15. The molecule has 0 saturated carbocycles. The quantitative estimate of drug-likeness (QED) is 0.124. The SMILES string of the molecule is CCCc1cc(CCC)c(S(=O)(=O)OC(CC2OCCO2)C2(O)CN(C(=O)c3ccc(F)c(F)c3Nc3ccc(I)cc3F)C2)c(CCC)c1. The van der Waals surface area contributed by atoms with E-state index in [1.807, 2.05) is 48.6 Å². The van der Waals surface area contributed by atoms with Crippen LogP contribution in [-0.2, 0) is 43.0 Å². The van der Waals surface area contributed by atoms with E-state index in [9.17, 15) is 27.1 Å². The standard InChI is InChI=1S/C36H42F3IN2O7S/c1-4-7-22-16-23(8-5-2)34(24(17-22)9-6-3)50(45,46)49-30(19-31-47-14-15-48-31)36(44)20-42(21-36)35(43)26-11-12-27(37)32(39)33(26)41-29-13-10-25(40)18-28(29)38/h10-13,16-18,30-31,41,44H,4-9,14-15,19-21H2,1-3H3. The third kappa shape index (κ3) is 8.47. The number of hydrogen-bond donors (Lipinski definition) is 2. The summed E-state index contributed by atoms with van der Waals surface area (Å²) in [7, 11) is -4.46. The maximum atomic E-state index is 15.1. The van der Waals surface area contributed by atoms with Gasteiger partial charge in [0, 0.05) is 9.99 Å². The number of β-amino-alcohol motifs (C(OH)–C–C–N with tert-alkyl or cyclic N) is 1. The Morgan fingerprint density at radius 3 is 2.18 bits per heavy atom. The minimum atomic E-state index is -4.46. The average Bonchev–Trinajstić information content (AvgIpc) is 3.56. The Bertz CT molecular complexity index is 1790. The molecule has 2 saturated heterocycles. The van der Waals surface area contributed by atoms with Gasteiger partial charge in [-0.2, -0.15) is 8.42 Å². The first-order valence-corrected chi connectivity index (χ1v) is 19.3. The second-order valence-electron chi connectivity index (χ2n) is 12.7. The first kappa shape index (κ1) is 38.5. The van der Waals surface area contributed by atoms with Crippen LogP contribution in [0.15, 0.2) is 47.4 Å². The lowest BCUT2D eigenvalue weighted by Crippen LogP contribution is -2.69. The highest BCUT2D eigenvalue weighted by atomic mass is 127. The van der Waals surface area contributed by atoms with Gasteiger partial charge in [-0.3, -0.25) is 8.98 Å². The van der Waals surface area contributed by atoms with Gasteiger partial charge < -0.3 is 24.8 Å². The molecule has 14 heteroatoms. The van der Waals surface area contributed by atoms with Crippen molar-refractivity contribution in [2.45, 2.75) is 88.6 Å². The number of nitrogens with zero attached hydrogens (tertiary/aromatic N) is 1. The van der Waals surface area contributed by atoms with Crippen LogP contribution >= 0.6 is 22.6 Å². The first-order valence-electron chi connectivity index (χ1n) is 16.8. The van der Waals surface area contributed by atoms with E-state index in [2.05, 4.69) is 12.2 Å². The maximum Gasteiger partial charge on any atom is 0.297 e. The molecule has 9 nitrogen and oxygen atoms in total. The van der Waals surface area contributed by atoms with E-state index >= 15 is 4.39 Å². The molecule has 2 heterocycles. The van der Waals surface area contributed by atoms with Gasteiger partial charge in [-0.1, -0.05) is 52.2 Å². The van der Waals surface area contributed by atoms with E-state index < -0.39 is 70.2 Å². The lowest BCUT2D eigenvalue weighted by molar-refractivity contribution is -0.165. The summed E-state index contributed by atoms with van der Waals surface area (Å²) in [6.45, 7) is 5.76. The molecule has 1 atom stereocenters. The molecule has 0 bridgehead atoms. The van der Waals surface area contributed by atoms with E-state index in [1.54, 1.807) is 6.07 Å². The Labute approximate surface area is 304 Å². The van der Waals surface area contributed by atoms with E-state index in [1.165, 1.54) is 12.1 Å². The van der Waals surface area contributed by atoms with Gasteiger partial charge in [0.15, 0.2) is 17.9 Å². The summed E-state index contributed by atoms with van der Waals surface area (Å²) < 4.78 is 90.2. The van der Waals surface area contributed by atoms with Crippen molar-refractivity contribution in [1.29, 1.82) is 0 Å². The van der Waals surface area contributed by atoms with Crippen molar-refractivity contribution in [1.82, 2.24) is 4.90 Å². The van der Waals surface area contributed by atoms with Crippen LogP contribution in [0.4, 0.5) is 24.5 Å². The van der Waals surface area contributed by atoms with Gasteiger partial charge in [0.2, 0.25) is 0 Å². The zero-order chi connectivity index (χ0) is 36.2. The number of carbonyl (C=O) groups is 1. The molecule has 2 aliphatic rings. The Morgan fingerprint density at radius 1 is 0.980 bits per heavy atom. The minimum absolute atomic E-state index is 0.0931. The summed E-state index contributed by atoms with van der Waals surface area (Å²) in [5.41, 5.74) is -0.588. The van der Waals surface area contributed by atoms with Crippen LogP contribution < -0.4 is 5.32 Å². The van der Waals surface area contributed by atoms with E-state index in [-0.39, 0.29) is 35.8 Å². The van der Waals surface area contributed by atoms with E-state index in [0.29, 0.717) is 40.4 Å². The van der Waals surface area contributed by atoms with Crippen LogP contribution in [0.2, 0.25) is 0 Å². The summed E-state index contributed by atoms with van der Waals surface area (Å²) in [6, 6.07) is 9.76. The number of likely N-dealkylation sites (tertiary alicyclic amines) is 1. The van der Waals surface area contributed by atoms with Gasteiger partial charge >= 0.3 is 0 Å². The monoisotopic (exact) mass is 830 g/mol. The van der Waals surface area contributed by atoms with Crippen molar-refractivity contribution >= 4 is 50.0 Å². The average molecular weight is 831 g/mol. The Hall–Kier alpha value is -2.76. The van der Waals surface area contributed by atoms with Gasteiger partial charge in [0.1, 0.15) is 22.4 Å². The summed E-state index contributed by atoms with van der Waals surface area (Å²) in [6.07, 6.45) is 1.73. The van der Waals surface area contributed by atoms with Crippen molar-refractivity contribution < 1.29 is 45.1 Å². The molecule has 2 fully saturated rings. The predicted octanol–water partition coefficient (Wildman–Crippen LogP) is 7.03. The van der Waals surface area contributed by atoms with Gasteiger partial charge in [-0.15, -0.1) is 0 Å². The predicted molar refractivity (Wildman–Crippen MR) is 190 cm³/mol. The van der Waals surface area contributed by atoms with E-state index in [4.69, 9.17) is 13.7 Å². The number of anilines is 2. The molecule has 50 heavy (non-hydrogen) atoms. The molecule has 3 aromatic carbocycles. The number of benzene rings is 3. The third-order valence-corrected chi connectivity index (χ3v) is 11.0. The van der Waals surface area contributed by atoms with Gasteiger partial charge in [0.05, 0.1) is 43.2 Å². The molecule has 0 aliphatic carbocycles. The number of halogens is 4. The highest BCUT2D eigenvalue weighted by Gasteiger charge is 2.53. The molecule has 2 N–H and O–H groups in total. The molecule has 1 unspecified atom stereocenters. The van der Waals surface area contributed by atoms with Gasteiger partial charge in [0.25, 0.3) is 16.0 Å². The van der Waals surface area contributed by atoms with Crippen LogP contribution in [0.1, 0.15) is 73.5 Å². The van der Waals surface area contributed by atoms with Crippen LogP contribution in [0.5, 0.6) is 0 Å². The van der Waals surface area contributed by atoms with Crippen LogP contribution in [0.25, 0.3) is 0 Å². The number of nitrogens with one attached hydrogen (secondary N) is 1. The van der Waals surface area contributed by atoms with Gasteiger partial charge in [-0.05, 0) is 88.9 Å². The smallest absolute Gasteiger partial charge is 0.297 e. The second-order valence-corrected chi connectivity index (χ2v) is 15.5. The zero-order valence-electron chi connectivity index (χ0n) is 28.2. The molecule has 5 rings (SSSR count). The number of aryl methyl sites for hydroxylation is 3. The number of carbonyl (C=O) groups excluding carboxylic acids is 1. The summed E-state index contributed by atoms with van der Waals surface area (Å²) in [5, 5.41) is 14.3. The molecule has 0 radical (unpaired) electrons. The summed E-state index contributed by atoms with van der Waals surface area (Å²) in [4.78, 5) is 15.0. The molecule has 3 aromatic rings. The maximum absolute atomic E-state index is 15.1. The molecule has 0 spiro atoms. The first-order chi connectivity index (χ1) is 23.8. The minimum Gasteiger partial charge on any atom is -0.383 e. The summed E-state index contributed by atoms with van der Waals surface area (Å²) >= 11 is 1.90. The third-order valence-electron chi connectivity index (χ3n) is 8.80. The topological polar surface area (TPSA) is 114 Å². The highest BCUT2D eigenvalue weighted by Crippen LogP contribution is 2.38. The second kappa shape index (κ2) is 16.3. The van der Waals surface area contributed by atoms with Crippen molar-refractivity contribution in [3.63, 3.8) is 0 Å². The highest BCUT2D eigenvalue weighted by molar-refractivity contribution is 14.1. The van der Waals surface area contributed by atoms with Crippen LogP contribution in [0.3, 0.4) is 0 Å². The molecular weight excluding hydrogens is 788 g/mol. The van der Waals surface area contributed by atoms with Crippen molar-refractivity contribution in [2.75, 3.05) is 31.6 Å². The molecule has 1 amide bonds. The molecule has 0 aromatic heterocycles. The fraction of sp³-hybridized carbons (Fsp3) is 0.472. The van der Waals surface area contributed by atoms with Crippen molar-refractivity contribution in [3.05, 3.63) is 85.7 Å².